The predicted octanol–water partition coefficient (Wildman–Crippen LogP) is 3.63. The number of thiazole rings is 1. The molecule has 1 saturated heterocycles. The van der Waals surface area contributed by atoms with E-state index in [1.54, 1.807) is 6.20 Å². The first-order valence-electron chi connectivity index (χ1n) is 10.2. The van der Waals surface area contributed by atoms with Crippen molar-refractivity contribution in [1.82, 2.24) is 20.2 Å². The van der Waals surface area contributed by atoms with Crippen LogP contribution in [0.15, 0.2) is 48.7 Å². The highest BCUT2D eigenvalue weighted by Crippen LogP contribution is 2.27. The molecular weight excluding hydrogens is 396 g/mol. The van der Waals surface area contributed by atoms with Crippen molar-refractivity contribution < 1.29 is 9.53 Å². The number of aromatic nitrogens is 2. The van der Waals surface area contributed by atoms with Crippen LogP contribution in [0.1, 0.15) is 32.5 Å². The standard InChI is InChI=1S/C23H26N4O2S/c1-16-6-5-7-18(14-16)20(27-10-12-29-13-11-27)15-25-22(28)21-17(2)26-23(30-21)19-8-3-4-9-24-19/h3-9,14,20H,10-13,15H2,1-2H3,(H,25,28). The first kappa shape index (κ1) is 20.7. The number of nitrogens with one attached hydrogen (secondary N) is 1. The van der Waals surface area contributed by atoms with Crippen LogP contribution in [0.25, 0.3) is 10.7 Å². The maximum atomic E-state index is 13.0. The molecule has 7 heteroatoms. The zero-order valence-electron chi connectivity index (χ0n) is 17.3. The molecule has 1 unspecified atom stereocenters. The number of morpholine rings is 1. The zero-order valence-corrected chi connectivity index (χ0v) is 18.1. The SMILES string of the molecule is Cc1cccc(C(CNC(=O)c2sc(-c3ccccn3)nc2C)N2CCOCC2)c1. The summed E-state index contributed by atoms with van der Waals surface area (Å²) in [5, 5.41) is 3.91. The topological polar surface area (TPSA) is 67.4 Å². The van der Waals surface area contributed by atoms with E-state index in [0.29, 0.717) is 11.4 Å². The van der Waals surface area contributed by atoms with Crippen molar-refractivity contribution in [2.24, 2.45) is 0 Å². The Bertz CT molecular complexity index is 999. The third-order valence-electron chi connectivity index (χ3n) is 5.26. The average molecular weight is 423 g/mol. The molecule has 1 aliphatic heterocycles. The van der Waals surface area contributed by atoms with Crippen LogP contribution in [0.2, 0.25) is 0 Å². The van der Waals surface area contributed by atoms with Crippen LogP contribution < -0.4 is 5.32 Å². The van der Waals surface area contributed by atoms with Gasteiger partial charge in [-0.05, 0) is 31.5 Å². The molecule has 6 nitrogen and oxygen atoms in total. The van der Waals surface area contributed by atoms with Crippen LogP contribution in [0.5, 0.6) is 0 Å². The molecule has 156 valence electrons. The van der Waals surface area contributed by atoms with Crippen molar-refractivity contribution in [3.05, 3.63) is 70.4 Å². The molecule has 1 atom stereocenters. The molecule has 0 saturated carbocycles. The quantitative estimate of drug-likeness (QED) is 0.657. The molecular formula is C23H26N4O2S. The van der Waals surface area contributed by atoms with E-state index in [4.69, 9.17) is 4.74 Å². The maximum Gasteiger partial charge on any atom is 0.263 e. The van der Waals surface area contributed by atoms with Gasteiger partial charge >= 0.3 is 0 Å². The van der Waals surface area contributed by atoms with E-state index in [-0.39, 0.29) is 11.9 Å². The third kappa shape index (κ3) is 4.75. The first-order chi connectivity index (χ1) is 14.6. The zero-order chi connectivity index (χ0) is 20.9. The Morgan fingerprint density at radius 1 is 1.20 bits per heavy atom. The second-order valence-corrected chi connectivity index (χ2v) is 8.44. The number of aryl methyl sites for hydroxylation is 2. The fraction of sp³-hybridized carbons (Fsp3) is 0.348. The Balaban J connectivity index is 1.51. The highest BCUT2D eigenvalue weighted by molar-refractivity contribution is 7.17. The van der Waals surface area contributed by atoms with Gasteiger partial charge in [-0.25, -0.2) is 4.98 Å². The van der Waals surface area contributed by atoms with Crippen molar-refractivity contribution in [2.75, 3.05) is 32.8 Å². The van der Waals surface area contributed by atoms with E-state index in [0.717, 1.165) is 42.7 Å². The number of amides is 1. The summed E-state index contributed by atoms with van der Waals surface area (Å²) in [7, 11) is 0. The lowest BCUT2D eigenvalue weighted by molar-refractivity contribution is 0.0162. The van der Waals surface area contributed by atoms with Gasteiger partial charge in [0.15, 0.2) is 0 Å². The predicted molar refractivity (Wildman–Crippen MR) is 119 cm³/mol. The number of rotatable bonds is 6. The largest absolute Gasteiger partial charge is 0.379 e. The van der Waals surface area contributed by atoms with Crippen LogP contribution in [-0.2, 0) is 4.74 Å². The minimum atomic E-state index is -0.0851. The molecule has 0 spiro atoms. The van der Waals surface area contributed by atoms with Gasteiger partial charge in [-0.2, -0.15) is 0 Å². The van der Waals surface area contributed by atoms with Gasteiger partial charge in [0.1, 0.15) is 9.88 Å². The smallest absolute Gasteiger partial charge is 0.263 e. The molecule has 30 heavy (non-hydrogen) atoms. The average Bonchev–Trinajstić information content (AvgIpc) is 3.17. The normalized spacial score (nSPS) is 15.7. The molecule has 0 aliphatic carbocycles. The summed E-state index contributed by atoms with van der Waals surface area (Å²) in [4.78, 5) is 24.9. The third-order valence-corrected chi connectivity index (χ3v) is 6.43. The highest BCUT2D eigenvalue weighted by atomic mass is 32.1. The van der Waals surface area contributed by atoms with Crippen molar-refractivity contribution in [3.8, 4) is 10.7 Å². The summed E-state index contributed by atoms with van der Waals surface area (Å²) in [6.07, 6.45) is 1.74. The molecule has 4 rings (SSSR count). The molecule has 3 aromatic rings. The number of carbonyl (C=O) groups excluding carboxylic acids is 1. The number of benzene rings is 1. The molecule has 0 radical (unpaired) electrons. The van der Waals surface area contributed by atoms with Gasteiger partial charge in [0.05, 0.1) is 30.6 Å². The number of nitrogens with zero attached hydrogens (tertiary/aromatic N) is 3. The monoisotopic (exact) mass is 422 g/mol. The lowest BCUT2D eigenvalue weighted by Crippen LogP contribution is -2.43. The summed E-state index contributed by atoms with van der Waals surface area (Å²) in [5.41, 5.74) is 3.95. The van der Waals surface area contributed by atoms with Gasteiger partial charge in [-0.1, -0.05) is 35.9 Å². The number of hydrogen-bond acceptors (Lipinski definition) is 6. The number of pyridine rings is 1. The summed E-state index contributed by atoms with van der Waals surface area (Å²) in [6.45, 7) is 7.67. The highest BCUT2D eigenvalue weighted by Gasteiger charge is 2.24. The Hall–Kier alpha value is -2.61. The van der Waals surface area contributed by atoms with Crippen LogP contribution in [0.4, 0.5) is 0 Å². The van der Waals surface area contributed by atoms with E-state index in [9.17, 15) is 4.79 Å². The van der Waals surface area contributed by atoms with Gasteiger partial charge in [0, 0.05) is 25.8 Å². The molecule has 1 N–H and O–H groups in total. The van der Waals surface area contributed by atoms with E-state index in [1.165, 1.54) is 22.5 Å². The lowest BCUT2D eigenvalue weighted by atomic mass is 10.0. The van der Waals surface area contributed by atoms with Gasteiger partial charge in [0.2, 0.25) is 0 Å². The fourth-order valence-electron chi connectivity index (χ4n) is 3.70. The Morgan fingerprint density at radius 3 is 2.77 bits per heavy atom. The molecule has 1 amide bonds. The van der Waals surface area contributed by atoms with Crippen molar-refractivity contribution in [1.29, 1.82) is 0 Å². The molecule has 1 fully saturated rings. The van der Waals surface area contributed by atoms with Crippen molar-refractivity contribution in [2.45, 2.75) is 19.9 Å². The molecule has 0 bridgehead atoms. The maximum absolute atomic E-state index is 13.0. The van der Waals surface area contributed by atoms with Crippen LogP contribution in [0.3, 0.4) is 0 Å². The van der Waals surface area contributed by atoms with Crippen molar-refractivity contribution >= 4 is 17.2 Å². The second-order valence-electron chi connectivity index (χ2n) is 7.44. The van der Waals surface area contributed by atoms with E-state index in [1.807, 2.05) is 25.1 Å². The van der Waals surface area contributed by atoms with Crippen LogP contribution >= 0.6 is 11.3 Å². The second kappa shape index (κ2) is 9.47. The van der Waals surface area contributed by atoms with Gasteiger partial charge in [-0.3, -0.25) is 14.7 Å². The van der Waals surface area contributed by atoms with E-state index < -0.39 is 0 Å². The fourth-order valence-corrected chi connectivity index (χ4v) is 4.66. The molecule has 3 heterocycles. The van der Waals surface area contributed by atoms with Gasteiger partial charge in [-0.15, -0.1) is 11.3 Å². The molecule has 1 aliphatic rings. The van der Waals surface area contributed by atoms with E-state index >= 15 is 0 Å². The molecule has 1 aromatic carbocycles. The lowest BCUT2D eigenvalue weighted by Gasteiger charge is -2.35. The minimum Gasteiger partial charge on any atom is -0.379 e. The van der Waals surface area contributed by atoms with Gasteiger partial charge in [0.25, 0.3) is 5.91 Å². The summed E-state index contributed by atoms with van der Waals surface area (Å²) in [5.74, 6) is -0.0851. The Morgan fingerprint density at radius 2 is 2.03 bits per heavy atom. The van der Waals surface area contributed by atoms with Crippen molar-refractivity contribution in [3.63, 3.8) is 0 Å². The summed E-state index contributed by atoms with van der Waals surface area (Å²) >= 11 is 1.39. The molecule has 2 aromatic heterocycles. The summed E-state index contributed by atoms with van der Waals surface area (Å²) < 4.78 is 5.52. The van der Waals surface area contributed by atoms with Crippen LogP contribution in [-0.4, -0.2) is 53.6 Å². The number of ether oxygens (including phenoxy) is 1. The first-order valence-corrected chi connectivity index (χ1v) is 11.0. The van der Waals surface area contributed by atoms with Gasteiger partial charge < -0.3 is 10.1 Å². The summed E-state index contributed by atoms with van der Waals surface area (Å²) in [6, 6.07) is 14.3. The Kier molecular flexibility index (Phi) is 6.52. The number of hydrogen-bond donors (Lipinski definition) is 1. The van der Waals surface area contributed by atoms with E-state index in [2.05, 4.69) is 51.4 Å². The minimum absolute atomic E-state index is 0.0851. The Labute approximate surface area is 180 Å². The van der Waals surface area contributed by atoms with Crippen LogP contribution in [0, 0.1) is 13.8 Å². The number of carbonyl (C=O) groups is 1.